The van der Waals surface area contributed by atoms with Crippen molar-refractivity contribution in [3.63, 3.8) is 0 Å². The van der Waals surface area contributed by atoms with Gasteiger partial charge in [0.2, 0.25) is 5.91 Å². The summed E-state index contributed by atoms with van der Waals surface area (Å²) in [6.45, 7) is 4.04. The molecule has 3 aromatic rings. The van der Waals surface area contributed by atoms with Gasteiger partial charge in [0.15, 0.2) is 6.29 Å². The Labute approximate surface area is 176 Å². The van der Waals surface area contributed by atoms with Gasteiger partial charge in [0.25, 0.3) is 0 Å². The van der Waals surface area contributed by atoms with Crippen LogP contribution in [0.5, 0.6) is 5.75 Å². The number of fused-ring (bicyclic) bond motifs is 1. The summed E-state index contributed by atoms with van der Waals surface area (Å²) in [6, 6.07) is 20.8. The number of hydrogen-bond donors (Lipinski definition) is 1. The molecule has 0 saturated carbocycles. The van der Waals surface area contributed by atoms with Gasteiger partial charge in [-0.15, -0.1) is 0 Å². The van der Waals surface area contributed by atoms with Gasteiger partial charge < -0.3 is 10.1 Å². The lowest BCUT2D eigenvalue weighted by atomic mass is 9.86. The lowest BCUT2D eigenvalue weighted by Gasteiger charge is -2.22. The van der Waals surface area contributed by atoms with Crippen LogP contribution in [0, 0.1) is 17.2 Å². The molecule has 3 aromatic carbocycles. The normalized spacial score (nSPS) is 11.7. The number of carbonyl (C=O) groups is 2. The monoisotopic (exact) mass is 400 g/mol. The van der Waals surface area contributed by atoms with Crippen LogP contribution >= 0.6 is 0 Å². The van der Waals surface area contributed by atoms with Crippen LogP contribution in [0.4, 0.5) is 5.69 Å². The lowest BCUT2D eigenvalue weighted by molar-refractivity contribution is -0.118. The van der Waals surface area contributed by atoms with Gasteiger partial charge in [-0.05, 0) is 46.9 Å². The second-order valence-electron chi connectivity index (χ2n) is 7.54. The second-order valence-corrected chi connectivity index (χ2v) is 7.54. The van der Waals surface area contributed by atoms with Crippen molar-refractivity contribution >= 4 is 28.7 Å². The molecule has 0 aromatic heterocycles. The number of anilines is 1. The van der Waals surface area contributed by atoms with Gasteiger partial charge in [-0.3, -0.25) is 9.59 Å². The number of hydrogen-bond acceptors (Lipinski definition) is 4. The molecule has 0 spiro atoms. The summed E-state index contributed by atoms with van der Waals surface area (Å²) in [5.74, 6) is 0.110. The number of rotatable bonds is 8. The highest BCUT2D eigenvalue weighted by Gasteiger charge is 2.24. The first kappa shape index (κ1) is 21.1. The molecule has 0 aliphatic carbocycles. The Morgan fingerprint density at radius 3 is 2.63 bits per heavy atom. The standard InChI is InChI=1S/C25H24N2O3/c1-17(2)14-22(21-9-5-7-19-6-3-4-8-20(19)21)25(29)27-23-15-18(16-26)10-11-24(23)30-13-12-28/h3-12,15,17,22H,13-14H2,1-2H3,(H,27,29). The van der Waals surface area contributed by atoms with Gasteiger partial charge >= 0.3 is 0 Å². The molecule has 1 N–H and O–H groups in total. The van der Waals surface area contributed by atoms with E-state index in [0.717, 1.165) is 16.3 Å². The highest BCUT2D eigenvalue weighted by Crippen LogP contribution is 2.33. The largest absolute Gasteiger partial charge is 0.484 e. The molecule has 0 radical (unpaired) electrons. The van der Waals surface area contributed by atoms with E-state index in [1.165, 1.54) is 0 Å². The highest BCUT2D eigenvalue weighted by molar-refractivity contribution is 6.00. The molecule has 1 unspecified atom stereocenters. The number of nitrogens with zero attached hydrogens (tertiary/aromatic N) is 1. The van der Waals surface area contributed by atoms with Crippen molar-refractivity contribution in [1.29, 1.82) is 5.26 Å². The van der Waals surface area contributed by atoms with E-state index in [4.69, 9.17) is 4.74 Å². The summed E-state index contributed by atoms with van der Waals surface area (Å²) in [5.41, 5.74) is 1.75. The molecular weight excluding hydrogens is 376 g/mol. The van der Waals surface area contributed by atoms with E-state index in [1.807, 2.05) is 42.5 Å². The van der Waals surface area contributed by atoms with Crippen molar-refractivity contribution in [3.05, 3.63) is 71.8 Å². The van der Waals surface area contributed by atoms with Gasteiger partial charge in [-0.1, -0.05) is 56.3 Å². The molecular formula is C25H24N2O3. The smallest absolute Gasteiger partial charge is 0.232 e. The van der Waals surface area contributed by atoms with Crippen LogP contribution < -0.4 is 10.1 Å². The van der Waals surface area contributed by atoms with E-state index in [9.17, 15) is 14.9 Å². The van der Waals surface area contributed by atoms with E-state index in [1.54, 1.807) is 18.2 Å². The van der Waals surface area contributed by atoms with Crippen molar-refractivity contribution in [1.82, 2.24) is 0 Å². The van der Waals surface area contributed by atoms with Gasteiger partial charge in [0.1, 0.15) is 12.4 Å². The zero-order chi connectivity index (χ0) is 21.5. The topological polar surface area (TPSA) is 79.2 Å². The zero-order valence-electron chi connectivity index (χ0n) is 17.1. The van der Waals surface area contributed by atoms with Gasteiger partial charge in [0, 0.05) is 0 Å². The maximum absolute atomic E-state index is 13.4. The van der Waals surface area contributed by atoms with E-state index < -0.39 is 0 Å². The average molecular weight is 400 g/mol. The molecule has 0 bridgehead atoms. The van der Waals surface area contributed by atoms with Crippen LogP contribution in [0.2, 0.25) is 0 Å². The second kappa shape index (κ2) is 9.71. The molecule has 5 nitrogen and oxygen atoms in total. The summed E-state index contributed by atoms with van der Waals surface area (Å²) >= 11 is 0. The predicted molar refractivity (Wildman–Crippen MR) is 117 cm³/mol. The average Bonchev–Trinajstić information content (AvgIpc) is 2.76. The fourth-order valence-corrected chi connectivity index (χ4v) is 3.57. The Kier molecular flexibility index (Phi) is 6.82. The van der Waals surface area contributed by atoms with Gasteiger partial charge in [-0.25, -0.2) is 0 Å². The van der Waals surface area contributed by atoms with Crippen LogP contribution in [-0.4, -0.2) is 18.8 Å². The number of nitrogens with one attached hydrogen (secondary N) is 1. The predicted octanol–water partition coefficient (Wildman–Crippen LogP) is 5.06. The number of carbonyl (C=O) groups excluding carboxylic acids is 2. The van der Waals surface area contributed by atoms with E-state index in [2.05, 4.69) is 25.2 Å². The molecule has 0 aliphatic heterocycles. The van der Waals surface area contributed by atoms with Gasteiger partial charge in [0.05, 0.1) is 23.2 Å². The van der Waals surface area contributed by atoms with Gasteiger partial charge in [-0.2, -0.15) is 5.26 Å². The number of amides is 1. The minimum atomic E-state index is -0.374. The summed E-state index contributed by atoms with van der Waals surface area (Å²) in [6.07, 6.45) is 1.31. The first-order valence-corrected chi connectivity index (χ1v) is 9.92. The fraction of sp³-hybridized carbons (Fsp3) is 0.240. The minimum absolute atomic E-state index is 0.131. The third-order valence-electron chi connectivity index (χ3n) is 4.90. The molecule has 5 heteroatoms. The van der Waals surface area contributed by atoms with Crippen LogP contribution in [0.1, 0.15) is 37.3 Å². The van der Waals surface area contributed by atoms with Crippen molar-refractivity contribution in [3.8, 4) is 11.8 Å². The van der Waals surface area contributed by atoms with Crippen molar-refractivity contribution in [2.75, 3.05) is 11.9 Å². The molecule has 0 fully saturated rings. The molecule has 1 atom stereocenters. The number of aldehydes is 1. The Hall–Kier alpha value is -3.65. The SMILES string of the molecule is CC(C)CC(C(=O)Nc1cc(C#N)ccc1OCC=O)c1cccc2ccccc12. The Morgan fingerprint density at radius 1 is 1.13 bits per heavy atom. The van der Waals surface area contributed by atoms with Crippen molar-refractivity contribution in [2.24, 2.45) is 5.92 Å². The first-order chi connectivity index (χ1) is 14.5. The van der Waals surface area contributed by atoms with Crippen LogP contribution in [0.3, 0.4) is 0 Å². The minimum Gasteiger partial charge on any atom is -0.484 e. The zero-order valence-corrected chi connectivity index (χ0v) is 17.1. The van der Waals surface area contributed by atoms with E-state index >= 15 is 0 Å². The quantitative estimate of drug-likeness (QED) is 0.536. The molecule has 3 rings (SSSR count). The van der Waals surface area contributed by atoms with Crippen LogP contribution in [-0.2, 0) is 9.59 Å². The van der Waals surface area contributed by atoms with Crippen LogP contribution in [0.25, 0.3) is 10.8 Å². The third kappa shape index (κ3) is 4.84. The Bertz CT molecular complexity index is 1090. The van der Waals surface area contributed by atoms with Crippen molar-refractivity contribution in [2.45, 2.75) is 26.2 Å². The third-order valence-corrected chi connectivity index (χ3v) is 4.90. The van der Waals surface area contributed by atoms with Crippen LogP contribution in [0.15, 0.2) is 60.7 Å². The summed E-state index contributed by atoms with van der Waals surface area (Å²) in [4.78, 5) is 24.1. The molecule has 1 amide bonds. The molecule has 0 heterocycles. The highest BCUT2D eigenvalue weighted by atomic mass is 16.5. The molecule has 0 saturated heterocycles. The number of ether oxygens (including phenoxy) is 1. The fourth-order valence-electron chi connectivity index (χ4n) is 3.57. The molecule has 30 heavy (non-hydrogen) atoms. The van der Waals surface area contributed by atoms with Crippen molar-refractivity contribution < 1.29 is 14.3 Å². The lowest BCUT2D eigenvalue weighted by Crippen LogP contribution is -2.23. The summed E-state index contributed by atoms with van der Waals surface area (Å²) in [5, 5.41) is 14.3. The Balaban J connectivity index is 1.99. The Morgan fingerprint density at radius 2 is 1.90 bits per heavy atom. The molecule has 152 valence electrons. The first-order valence-electron chi connectivity index (χ1n) is 9.92. The molecule has 0 aliphatic rings. The maximum Gasteiger partial charge on any atom is 0.232 e. The maximum atomic E-state index is 13.4. The summed E-state index contributed by atoms with van der Waals surface area (Å²) in [7, 11) is 0. The number of benzene rings is 3. The van der Waals surface area contributed by atoms with E-state index in [0.29, 0.717) is 35.6 Å². The van der Waals surface area contributed by atoms with E-state index in [-0.39, 0.29) is 18.4 Å². The summed E-state index contributed by atoms with van der Waals surface area (Å²) < 4.78 is 5.43. The number of nitriles is 1.